The zero-order chi connectivity index (χ0) is 17.1. The quantitative estimate of drug-likeness (QED) is 0.744. The Hall–Kier alpha value is -1.52. The molecule has 0 bridgehead atoms. The van der Waals surface area contributed by atoms with Gasteiger partial charge in [-0.2, -0.15) is 0 Å². The molecule has 0 aromatic heterocycles. The van der Waals surface area contributed by atoms with Crippen molar-refractivity contribution in [3.63, 3.8) is 0 Å². The first-order valence-corrected chi connectivity index (χ1v) is 9.70. The van der Waals surface area contributed by atoms with Gasteiger partial charge in [-0.15, -0.1) is 0 Å². The molecule has 2 rings (SSSR count). The van der Waals surface area contributed by atoms with Gasteiger partial charge in [0.05, 0.1) is 6.61 Å². The molecule has 0 N–H and O–H groups in total. The first-order valence-electron chi connectivity index (χ1n) is 7.80. The van der Waals surface area contributed by atoms with Gasteiger partial charge in [0.15, 0.2) is 0 Å². The average molecular weight is 334 g/mol. The molecule has 0 unspecified atom stereocenters. The summed E-state index contributed by atoms with van der Waals surface area (Å²) in [4.78, 5) is 0. The zero-order valence-corrected chi connectivity index (χ0v) is 15.1. The summed E-state index contributed by atoms with van der Waals surface area (Å²) in [6, 6.07) is 19.6. The molecule has 0 spiro atoms. The van der Waals surface area contributed by atoms with E-state index in [0.29, 0.717) is 0 Å². The third-order valence-corrected chi connectivity index (χ3v) is 8.94. The lowest BCUT2D eigenvalue weighted by atomic mass is 10.2. The van der Waals surface area contributed by atoms with Crippen LogP contribution in [-0.2, 0) is 4.43 Å². The molecule has 4 heteroatoms. The minimum absolute atomic E-state index is 0.277. The van der Waals surface area contributed by atoms with Crippen LogP contribution in [0.3, 0.4) is 0 Å². The zero-order valence-electron chi connectivity index (χ0n) is 14.1. The Morgan fingerprint density at radius 1 is 0.783 bits per heavy atom. The second-order valence-corrected chi connectivity index (χ2v) is 11.3. The number of halogens is 2. The summed E-state index contributed by atoms with van der Waals surface area (Å²) in [7, 11) is -2.84. The topological polar surface area (TPSA) is 9.23 Å². The molecule has 0 atom stereocenters. The molecular formula is C19H24F2OSi. The Labute approximate surface area is 138 Å². The highest BCUT2D eigenvalue weighted by Crippen LogP contribution is 2.37. The van der Waals surface area contributed by atoms with Gasteiger partial charge in [-0.25, -0.2) is 8.78 Å². The van der Waals surface area contributed by atoms with Crippen LogP contribution in [-0.4, -0.2) is 20.8 Å². The van der Waals surface area contributed by atoms with Crippen molar-refractivity contribution in [2.45, 2.75) is 38.7 Å². The van der Waals surface area contributed by atoms with Crippen molar-refractivity contribution in [2.75, 3.05) is 6.61 Å². The molecule has 0 aliphatic heterocycles. The van der Waals surface area contributed by atoms with Gasteiger partial charge in [0.25, 0.3) is 14.2 Å². The second kappa shape index (κ2) is 6.54. The predicted octanol–water partition coefficient (Wildman–Crippen LogP) is 4.22. The molecule has 0 aliphatic carbocycles. The standard InChI is InChI=1S/C19H24F2OSi/c1-18(2,3)23(22-15-19(4,20)21,16-11-7-5-8-12-16)17-13-9-6-10-14-17/h5-14H,15H2,1-4H3. The minimum Gasteiger partial charge on any atom is -0.401 e. The lowest BCUT2D eigenvalue weighted by molar-refractivity contribution is -0.0261. The van der Waals surface area contributed by atoms with Gasteiger partial charge in [-0.1, -0.05) is 81.4 Å². The third kappa shape index (κ3) is 3.87. The molecule has 2 aromatic carbocycles. The monoisotopic (exact) mass is 334 g/mol. The Balaban J connectivity index is 2.65. The van der Waals surface area contributed by atoms with E-state index in [2.05, 4.69) is 20.8 Å². The van der Waals surface area contributed by atoms with Crippen molar-refractivity contribution in [3.05, 3.63) is 60.7 Å². The van der Waals surface area contributed by atoms with E-state index in [-0.39, 0.29) is 5.04 Å². The largest absolute Gasteiger partial charge is 0.401 e. The molecule has 0 heterocycles. The predicted molar refractivity (Wildman–Crippen MR) is 94.2 cm³/mol. The molecule has 0 radical (unpaired) electrons. The minimum atomic E-state index is -2.85. The van der Waals surface area contributed by atoms with Crippen molar-refractivity contribution >= 4 is 18.7 Å². The third-order valence-electron chi connectivity index (χ3n) is 3.96. The van der Waals surface area contributed by atoms with E-state index in [9.17, 15) is 8.78 Å². The van der Waals surface area contributed by atoms with Crippen LogP contribution < -0.4 is 10.4 Å². The van der Waals surface area contributed by atoms with E-state index in [1.165, 1.54) is 0 Å². The summed E-state index contributed by atoms with van der Waals surface area (Å²) in [6.45, 7) is 6.57. The van der Waals surface area contributed by atoms with Gasteiger partial charge in [-0.05, 0) is 15.4 Å². The number of hydrogen-bond donors (Lipinski definition) is 0. The highest BCUT2D eigenvalue weighted by Gasteiger charge is 2.51. The van der Waals surface area contributed by atoms with Crippen molar-refractivity contribution in [1.29, 1.82) is 0 Å². The van der Waals surface area contributed by atoms with E-state index in [1.54, 1.807) is 0 Å². The van der Waals surface area contributed by atoms with Gasteiger partial charge in [-0.3, -0.25) is 0 Å². The van der Waals surface area contributed by atoms with E-state index in [1.807, 2.05) is 60.7 Å². The van der Waals surface area contributed by atoms with Crippen LogP contribution in [0, 0.1) is 0 Å². The smallest absolute Gasteiger partial charge is 0.267 e. The summed E-state index contributed by atoms with van der Waals surface area (Å²) in [5, 5.41) is 1.76. The molecule has 2 aromatic rings. The normalized spacial score (nSPS) is 13.1. The molecule has 124 valence electrons. The Bertz CT molecular complexity index is 576. The molecule has 0 saturated heterocycles. The highest BCUT2D eigenvalue weighted by molar-refractivity contribution is 6.99. The lowest BCUT2D eigenvalue weighted by Crippen LogP contribution is -2.67. The van der Waals surface area contributed by atoms with Crippen LogP contribution in [0.25, 0.3) is 0 Å². The van der Waals surface area contributed by atoms with Crippen LogP contribution >= 0.6 is 0 Å². The van der Waals surface area contributed by atoms with Crippen molar-refractivity contribution < 1.29 is 13.2 Å². The van der Waals surface area contributed by atoms with Crippen molar-refractivity contribution in [2.24, 2.45) is 0 Å². The summed E-state index contributed by atoms with van der Waals surface area (Å²) in [5.74, 6) is -2.85. The van der Waals surface area contributed by atoms with E-state index in [4.69, 9.17) is 4.43 Å². The van der Waals surface area contributed by atoms with Crippen LogP contribution in [0.2, 0.25) is 5.04 Å². The van der Waals surface area contributed by atoms with Gasteiger partial charge >= 0.3 is 0 Å². The summed E-state index contributed by atoms with van der Waals surface area (Å²) >= 11 is 0. The molecular weight excluding hydrogens is 310 g/mol. The van der Waals surface area contributed by atoms with Gasteiger partial charge in [0.2, 0.25) is 0 Å². The van der Waals surface area contributed by atoms with Crippen molar-refractivity contribution in [3.8, 4) is 0 Å². The second-order valence-electron chi connectivity index (χ2n) is 7.02. The molecule has 1 nitrogen and oxygen atoms in total. The van der Waals surface area contributed by atoms with Crippen LogP contribution in [0.5, 0.6) is 0 Å². The van der Waals surface area contributed by atoms with Crippen molar-refractivity contribution in [1.82, 2.24) is 0 Å². The van der Waals surface area contributed by atoms with Gasteiger partial charge < -0.3 is 4.43 Å². The number of alkyl halides is 2. The Kier molecular flexibility index (Phi) is 5.06. The molecule has 0 saturated carbocycles. The van der Waals surface area contributed by atoms with E-state index in [0.717, 1.165) is 17.3 Å². The highest BCUT2D eigenvalue weighted by atomic mass is 28.4. The first kappa shape index (κ1) is 17.8. The Morgan fingerprint density at radius 2 is 1.17 bits per heavy atom. The van der Waals surface area contributed by atoms with E-state index >= 15 is 0 Å². The van der Waals surface area contributed by atoms with Crippen LogP contribution in [0.1, 0.15) is 27.7 Å². The first-order chi connectivity index (χ1) is 10.7. The number of rotatable bonds is 5. The lowest BCUT2D eigenvalue weighted by Gasteiger charge is -2.43. The fourth-order valence-electron chi connectivity index (χ4n) is 3.00. The van der Waals surface area contributed by atoms with E-state index < -0.39 is 20.8 Å². The summed E-state index contributed by atoms with van der Waals surface area (Å²) < 4.78 is 33.3. The number of benzene rings is 2. The average Bonchev–Trinajstić information content (AvgIpc) is 2.47. The maximum absolute atomic E-state index is 13.6. The SMILES string of the molecule is CC(F)(F)CO[Si](c1ccccc1)(c1ccccc1)C(C)(C)C. The van der Waals surface area contributed by atoms with Crippen LogP contribution in [0.4, 0.5) is 8.78 Å². The maximum atomic E-state index is 13.6. The summed E-state index contributed by atoms with van der Waals surface area (Å²) in [5.41, 5.74) is 0. The van der Waals surface area contributed by atoms with Gasteiger partial charge in [0.1, 0.15) is 0 Å². The molecule has 0 amide bonds. The maximum Gasteiger partial charge on any atom is 0.267 e. The number of hydrogen-bond acceptors (Lipinski definition) is 1. The summed E-state index contributed by atoms with van der Waals surface area (Å²) in [6.07, 6.45) is 0. The van der Waals surface area contributed by atoms with Crippen LogP contribution in [0.15, 0.2) is 60.7 Å². The molecule has 23 heavy (non-hydrogen) atoms. The fraction of sp³-hybridized carbons (Fsp3) is 0.368. The molecule has 0 aliphatic rings. The fourth-order valence-corrected chi connectivity index (χ4v) is 7.62. The molecule has 0 fully saturated rings. The Morgan fingerprint density at radius 3 is 1.48 bits per heavy atom. The van der Waals surface area contributed by atoms with Gasteiger partial charge in [0, 0.05) is 6.92 Å².